The summed E-state index contributed by atoms with van der Waals surface area (Å²) in [6.07, 6.45) is -0.911. The van der Waals surface area contributed by atoms with Crippen LogP contribution >= 0.6 is 0 Å². The molecular weight excluding hydrogens is 204 g/mol. The number of benzene rings is 1. The second-order valence-corrected chi connectivity index (χ2v) is 3.70. The van der Waals surface area contributed by atoms with Gasteiger partial charge in [0.05, 0.1) is 13.2 Å². The van der Waals surface area contributed by atoms with Gasteiger partial charge >= 0.3 is 5.97 Å². The standard InChI is InChI=1S/C13H16O3/c1-9(2)11(13(15)16-3)12(14)10-7-5-4-6-8-10/h4-8,11-12,14H,1H2,2-3H3/t11-,12-/m1/s1. The van der Waals surface area contributed by atoms with Crippen LogP contribution in [0.15, 0.2) is 42.5 Å². The van der Waals surface area contributed by atoms with Gasteiger partial charge in [0, 0.05) is 0 Å². The van der Waals surface area contributed by atoms with E-state index in [9.17, 15) is 9.90 Å². The molecule has 0 fully saturated rings. The van der Waals surface area contributed by atoms with Crippen LogP contribution in [0.2, 0.25) is 0 Å². The Morgan fingerprint density at radius 3 is 2.38 bits per heavy atom. The summed E-state index contributed by atoms with van der Waals surface area (Å²) in [6.45, 7) is 5.41. The molecule has 3 nitrogen and oxygen atoms in total. The number of aliphatic hydroxyl groups is 1. The molecule has 1 aromatic rings. The highest BCUT2D eigenvalue weighted by Crippen LogP contribution is 2.27. The van der Waals surface area contributed by atoms with Crippen LogP contribution in [-0.2, 0) is 9.53 Å². The van der Waals surface area contributed by atoms with E-state index >= 15 is 0 Å². The third-order valence-corrected chi connectivity index (χ3v) is 2.44. The van der Waals surface area contributed by atoms with Gasteiger partial charge < -0.3 is 9.84 Å². The third kappa shape index (κ3) is 2.70. The average molecular weight is 220 g/mol. The maximum Gasteiger partial charge on any atom is 0.315 e. The Kier molecular flexibility index (Phi) is 4.26. The minimum Gasteiger partial charge on any atom is -0.468 e. The van der Waals surface area contributed by atoms with E-state index in [-0.39, 0.29) is 0 Å². The maximum atomic E-state index is 11.5. The summed E-state index contributed by atoms with van der Waals surface area (Å²) in [5, 5.41) is 10.1. The number of ether oxygens (including phenoxy) is 1. The first-order valence-corrected chi connectivity index (χ1v) is 5.04. The fraction of sp³-hybridized carbons (Fsp3) is 0.308. The minimum absolute atomic E-state index is 0.469. The lowest BCUT2D eigenvalue weighted by Gasteiger charge is -2.21. The monoisotopic (exact) mass is 220 g/mol. The quantitative estimate of drug-likeness (QED) is 0.624. The van der Waals surface area contributed by atoms with Crippen LogP contribution in [0.5, 0.6) is 0 Å². The number of hydrogen-bond acceptors (Lipinski definition) is 3. The SMILES string of the molecule is C=C(C)[C@@H](C(=O)OC)[C@H](O)c1ccccc1. The van der Waals surface area contributed by atoms with Gasteiger partial charge in [-0.15, -0.1) is 0 Å². The van der Waals surface area contributed by atoms with Crippen molar-refractivity contribution in [3.63, 3.8) is 0 Å². The van der Waals surface area contributed by atoms with Crippen molar-refractivity contribution >= 4 is 5.97 Å². The highest BCUT2D eigenvalue weighted by Gasteiger charge is 2.29. The molecule has 0 saturated carbocycles. The molecular formula is C13H16O3. The topological polar surface area (TPSA) is 46.5 Å². The Bertz CT molecular complexity index is 370. The van der Waals surface area contributed by atoms with Crippen LogP contribution in [0.3, 0.4) is 0 Å². The molecule has 0 saturated heterocycles. The molecule has 2 atom stereocenters. The second-order valence-electron chi connectivity index (χ2n) is 3.70. The van der Waals surface area contributed by atoms with E-state index in [2.05, 4.69) is 11.3 Å². The molecule has 16 heavy (non-hydrogen) atoms. The van der Waals surface area contributed by atoms with E-state index in [1.165, 1.54) is 7.11 Å². The number of aliphatic hydroxyl groups excluding tert-OH is 1. The van der Waals surface area contributed by atoms with E-state index in [4.69, 9.17) is 0 Å². The molecule has 0 aliphatic rings. The molecule has 1 aromatic carbocycles. The van der Waals surface area contributed by atoms with Crippen LogP contribution in [0.4, 0.5) is 0 Å². The van der Waals surface area contributed by atoms with E-state index in [0.717, 1.165) is 0 Å². The van der Waals surface area contributed by atoms with Crippen molar-refractivity contribution in [2.24, 2.45) is 5.92 Å². The first-order valence-electron chi connectivity index (χ1n) is 5.04. The van der Waals surface area contributed by atoms with Crippen molar-refractivity contribution in [1.29, 1.82) is 0 Å². The number of esters is 1. The molecule has 1 rings (SSSR count). The van der Waals surface area contributed by atoms with Crippen molar-refractivity contribution in [3.05, 3.63) is 48.0 Å². The van der Waals surface area contributed by atoms with Gasteiger partial charge in [-0.25, -0.2) is 0 Å². The first-order chi connectivity index (χ1) is 7.57. The number of methoxy groups -OCH3 is 1. The maximum absolute atomic E-state index is 11.5. The van der Waals surface area contributed by atoms with Gasteiger partial charge in [-0.2, -0.15) is 0 Å². The van der Waals surface area contributed by atoms with Gasteiger partial charge in [0.15, 0.2) is 0 Å². The summed E-state index contributed by atoms with van der Waals surface area (Å²) in [6, 6.07) is 9.01. The molecule has 0 spiro atoms. The van der Waals surface area contributed by atoms with E-state index in [1.807, 2.05) is 18.2 Å². The molecule has 86 valence electrons. The Labute approximate surface area is 95.4 Å². The largest absolute Gasteiger partial charge is 0.468 e. The molecule has 0 unspecified atom stereocenters. The molecule has 0 aromatic heterocycles. The van der Waals surface area contributed by atoms with Gasteiger partial charge in [0.25, 0.3) is 0 Å². The summed E-state index contributed by atoms with van der Waals surface area (Å²) in [4.78, 5) is 11.5. The number of rotatable bonds is 4. The summed E-state index contributed by atoms with van der Waals surface area (Å²) < 4.78 is 4.66. The fourth-order valence-corrected chi connectivity index (χ4v) is 1.57. The zero-order valence-corrected chi connectivity index (χ0v) is 9.51. The van der Waals surface area contributed by atoms with Crippen molar-refractivity contribution in [2.75, 3.05) is 7.11 Å². The second kappa shape index (κ2) is 5.47. The van der Waals surface area contributed by atoms with Gasteiger partial charge in [0.2, 0.25) is 0 Å². The lowest BCUT2D eigenvalue weighted by atomic mass is 9.90. The normalized spacial score (nSPS) is 13.9. The fourth-order valence-electron chi connectivity index (χ4n) is 1.57. The predicted octanol–water partition coefficient (Wildman–Crippen LogP) is 2.09. The van der Waals surface area contributed by atoms with Crippen molar-refractivity contribution in [1.82, 2.24) is 0 Å². The lowest BCUT2D eigenvalue weighted by molar-refractivity contribution is -0.147. The first kappa shape index (κ1) is 12.5. The zero-order chi connectivity index (χ0) is 12.1. The van der Waals surface area contributed by atoms with Gasteiger partial charge in [0.1, 0.15) is 5.92 Å². The molecule has 3 heteroatoms. The lowest BCUT2D eigenvalue weighted by Crippen LogP contribution is -2.24. The van der Waals surface area contributed by atoms with Gasteiger partial charge in [-0.3, -0.25) is 4.79 Å². The van der Waals surface area contributed by atoms with Crippen LogP contribution < -0.4 is 0 Å². The minimum atomic E-state index is -0.911. The number of carbonyl (C=O) groups excluding carboxylic acids is 1. The van der Waals surface area contributed by atoms with Crippen LogP contribution in [-0.4, -0.2) is 18.2 Å². The van der Waals surface area contributed by atoms with Gasteiger partial charge in [-0.1, -0.05) is 42.5 Å². The molecule has 1 N–H and O–H groups in total. The molecule has 0 radical (unpaired) electrons. The Hall–Kier alpha value is -1.61. The Morgan fingerprint density at radius 2 is 1.94 bits per heavy atom. The van der Waals surface area contributed by atoms with Gasteiger partial charge in [-0.05, 0) is 12.5 Å². The molecule has 0 heterocycles. The summed E-state index contributed by atoms with van der Waals surface area (Å²) in [7, 11) is 1.30. The van der Waals surface area contributed by atoms with Crippen LogP contribution in [0.1, 0.15) is 18.6 Å². The number of hydrogen-bond donors (Lipinski definition) is 1. The van der Waals surface area contributed by atoms with Crippen molar-refractivity contribution in [2.45, 2.75) is 13.0 Å². The van der Waals surface area contributed by atoms with E-state index < -0.39 is 18.0 Å². The van der Waals surface area contributed by atoms with Crippen molar-refractivity contribution in [3.8, 4) is 0 Å². The van der Waals surface area contributed by atoms with E-state index in [1.54, 1.807) is 19.1 Å². The van der Waals surface area contributed by atoms with Crippen LogP contribution in [0, 0.1) is 5.92 Å². The van der Waals surface area contributed by atoms with Crippen molar-refractivity contribution < 1.29 is 14.6 Å². The van der Waals surface area contributed by atoms with E-state index in [0.29, 0.717) is 11.1 Å². The summed E-state index contributed by atoms with van der Waals surface area (Å²) in [5.41, 5.74) is 1.27. The third-order valence-electron chi connectivity index (χ3n) is 2.44. The molecule has 0 aliphatic heterocycles. The Balaban J connectivity index is 2.96. The molecule has 0 amide bonds. The summed E-state index contributed by atoms with van der Waals surface area (Å²) in [5.74, 6) is -1.18. The average Bonchev–Trinajstić information content (AvgIpc) is 2.29. The molecule has 0 aliphatic carbocycles. The highest BCUT2D eigenvalue weighted by atomic mass is 16.5. The summed E-state index contributed by atoms with van der Waals surface area (Å²) >= 11 is 0. The highest BCUT2D eigenvalue weighted by molar-refractivity contribution is 5.76. The smallest absolute Gasteiger partial charge is 0.315 e. The van der Waals surface area contributed by atoms with Crippen LogP contribution in [0.25, 0.3) is 0 Å². The zero-order valence-electron chi connectivity index (χ0n) is 9.51. The number of carbonyl (C=O) groups is 1. The predicted molar refractivity (Wildman–Crippen MR) is 61.7 cm³/mol. The molecule has 0 bridgehead atoms. The Morgan fingerprint density at radius 1 is 1.38 bits per heavy atom.